The summed E-state index contributed by atoms with van der Waals surface area (Å²) in [6, 6.07) is 19.8. The number of ether oxygens (including phenoxy) is 3. The molecule has 2 heterocycles. The first-order chi connectivity index (χ1) is 20.9. The van der Waals surface area contributed by atoms with E-state index in [1.165, 1.54) is 23.9 Å². The number of thioether (sulfide) groups is 1. The summed E-state index contributed by atoms with van der Waals surface area (Å²) in [6.07, 6.45) is 2.40. The van der Waals surface area contributed by atoms with Gasteiger partial charge in [0.2, 0.25) is 0 Å². The summed E-state index contributed by atoms with van der Waals surface area (Å²) >= 11 is 13.1. The average molecular weight is 639 g/mol. The molecule has 3 aromatic carbocycles. The Labute approximate surface area is 265 Å². The number of nitrogens with zero attached hydrogens (tertiary/aromatic N) is 2. The van der Waals surface area contributed by atoms with E-state index in [2.05, 4.69) is 4.90 Å². The van der Waals surface area contributed by atoms with Crippen molar-refractivity contribution in [3.8, 4) is 22.6 Å². The van der Waals surface area contributed by atoms with Crippen molar-refractivity contribution in [1.29, 1.82) is 0 Å². The number of carbonyl (C=O) groups is 2. The molecule has 11 heteroatoms. The molecule has 0 unspecified atom stereocenters. The Morgan fingerprint density at radius 1 is 1.00 bits per heavy atom. The number of rotatable bonds is 12. The van der Waals surface area contributed by atoms with Crippen LogP contribution < -0.4 is 9.47 Å². The first-order valence-electron chi connectivity index (χ1n) is 13.9. The highest BCUT2D eigenvalue weighted by Crippen LogP contribution is 2.36. The molecule has 0 spiro atoms. The number of hydrogen-bond donors (Lipinski definition) is 1. The van der Waals surface area contributed by atoms with Crippen LogP contribution in [0.1, 0.15) is 22.3 Å². The standard InChI is InChI=1S/C32H31ClN2O6S2/c33-26-4-1-3-23(20-26)24-7-10-28(41-18-14-34-12-16-39-17-13-34)25(19-24)21-29-30(36)35(32(42)43-29)11-2-15-40-27-8-5-22(6-9-27)31(37)38/h1,3-10,19-21H,2,11-18H2,(H,37,38)/b29-21-. The van der Waals surface area contributed by atoms with Crippen molar-refractivity contribution in [1.82, 2.24) is 9.80 Å². The van der Waals surface area contributed by atoms with Gasteiger partial charge in [0.1, 0.15) is 22.4 Å². The summed E-state index contributed by atoms with van der Waals surface area (Å²) in [5.74, 6) is 0.104. The Balaban J connectivity index is 1.26. The van der Waals surface area contributed by atoms with Crippen molar-refractivity contribution in [3.05, 3.63) is 87.8 Å². The molecule has 5 rings (SSSR count). The van der Waals surface area contributed by atoms with E-state index in [-0.39, 0.29) is 11.5 Å². The van der Waals surface area contributed by atoms with Crippen molar-refractivity contribution >= 4 is 57.9 Å². The molecule has 2 saturated heterocycles. The van der Waals surface area contributed by atoms with Crippen LogP contribution in [0.3, 0.4) is 0 Å². The third kappa shape index (κ3) is 8.36. The molecule has 0 saturated carbocycles. The summed E-state index contributed by atoms with van der Waals surface area (Å²) in [6.45, 7) is 5.28. The third-order valence-electron chi connectivity index (χ3n) is 6.99. The van der Waals surface area contributed by atoms with E-state index in [0.717, 1.165) is 49.5 Å². The third-order valence-corrected chi connectivity index (χ3v) is 8.61. The maximum atomic E-state index is 13.4. The van der Waals surface area contributed by atoms with Gasteiger partial charge in [0.25, 0.3) is 5.91 Å². The molecule has 8 nitrogen and oxygen atoms in total. The van der Waals surface area contributed by atoms with Gasteiger partial charge in [-0.1, -0.05) is 53.8 Å². The number of benzene rings is 3. The number of carbonyl (C=O) groups excluding carboxylic acids is 1. The molecule has 0 aliphatic carbocycles. The number of amides is 1. The van der Waals surface area contributed by atoms with E-state index in [9.17, 15) is 9.59 Å². The van der Waals surface area contributed by atoms with Gasteiger partial charge in [-0.05, 0) is 72.2 Å². The zero-order chi connectivity index (χ0) is 30.2. The van der Waals surface area contributed by atoms with Crippen molar-refractivity contribution < 1.29 is 28.9 Å². The minimum Gasteiger partial charge on any atom is -0.494 e. The van der Waals surface area contributed by atoms with E-state index in [1.807, 2.05) is 48.5 Å². The molecule has 0 aromatic heterocycles. The van der Waals surface area contributed by atoms with Crippen LogP contribution in [-0.2, 0) is 9.53 Å². The normalized spacial score (nSPS) is 16.6. The van der Waals surface area contributed by atoms with Gasteiger partial charge in [-0.15, -0.1) is 0 Å². The van der Waals surface area contributed by atoms with E-state index in [1.54, 1.807) is 17.0 Å². The van der Waals surface area contributed by atoms with Gasteiger partial charge in [0.05, 0.1) is 30.3 Å². The van der Waals surface area contributed by atoms with Crippen molar-refractivity contribution in [3.63, 3.8) is 0 Å². The summed E-state index contributed by atoms with van der Waals surface area (Å²) in [5.41, 5.74) is 2.90. The number of thiocarbonyl (C=S) groups is 1. The molecule has 3 aromatic rings. The lowest BCUT2D eigenvalue weighted by atomic mass is 10.0. The molecule has 0 radical (unpaired) electrons. The van der Waals surface area contributed by atoms with Crippen LogP contribution in [0.5, 0.6) is 11.5 Å². The smallest absolute Gasteiger partial charge is 0.335 e. The molecule has 0 atom stereocenters. The van der Waals surface area contributed by atoms with Crippen LogP contribution in [-0.4, -0.2) is 83.7 Å². The number of hydrogen-bond acceptors (Lipinski definition) is 8. The molecular weight excluding hydrogens is 608 g/mol. The maximum Gasteiger partial charge on any atom is 0.335 e. The average Bonchev–Trinajstić information content (AvgIpc) is 3.28. The lowest BCUT2D eigenvalue weighted by Crippen LogP contribution is -2.38. The molecule has 43 heavy (non-hydrogen) atoms. The van der Waals surface area contributed by atoms with Crippen LogP contribution in [0.25, 0.3) is 17.2 Å². The van der Waals surface area contributed by atoms with E-state index < -0.39 is 5.97 Å². The number of halogens is 1. The summed E-state index contributed by atoms with van der Waals surface area (Å²) in [4.78, 5) is 28.8. The summed E-state index contributed by atoms with van der Waals surface area (Å²) in [7, 11) is 0. The summed E-state index contributed by atoms with van der Waals surface area (Å²) in [5, 5.41) is 9.68. The Morgan fingerprint density at radius 2 is 1.77 bits per heavy atom. The lowest BCUT2D eigenvalue weighted by Gasteiger charge is -2.26. The van der Waals surface area contributed by atoms with Crippen molar-refractivity contribution in [2.24, 2.45) is 0 Å². The van der Waals surface area contributed by atoms with Gasteiger partial charge in [-0.3, -0.25) is 14.6 Å². The highest BCUT2D eigenvalue weighted by molar-refractivity contribution is 8.26. The molecule has 1 amide bonds. The zero-order valence-corrected chi connectivity index (χ0v) is 25.8. The van der Waals surface area contributed by atoms with Crippen molar-refractivity contribution in [2.75, 3.05) is 52.6 Å². The second kappa shape index (κ2) is 14.9. The topological polar surface area (TPSA) is 88.5 Å². The molecule has 2 fully saturated rings. The molecular formula is C32H31ClN2O6S2. The van der Waals surface area contributed by atoms with Crippen molar-refractivity contribution in [2.45, 2.75) is 6.42 Å². The minimum absolute atomic E-state index is 0.159. The predicted octanol–water partition coefficient (Wildman–Crippen LogP) is 6.09. The monoisotopic (exact) mass is 638 g/mol. The van der Waals surface area contributed by atoms with Crippen LogP contribution in [0.4, 0.5) is 0 Å². The highest BCUT2D eigenvalue weighted by Gasteiger charge is 2.32. The quantitative estimate of drug-likeness (QED) is 0.144. The van der Waals surface area contributed by atoms with Gasteiger partial charge < -0.3 is 19.3 Å². The Morgan fingerprint density at radius 3 is 2.51 bits per heavy atom. The number of aromatic carboxylic acids is 1. The van der Waals surface area contributed by atoms with Gasteiger partial charge in [-0.2, -0.15) is 0 Å². The lowest BCUT2D eigenvalue weighted by molar-refractivity contribution is -0.122. The molecule has 2 aliphatic heterocycles. The summed E-state index contributed by atoms with van der Waals surface area (Å²) < 4.78 is 17.9. The predicted molar refractivity (Wildman–Crippen MR) is 173 cm³/mol. The fraction of sp³-hybridized carbons (Fsp3) is 0.281. The number of morpholine rings is 1. The molecule has 224 valence electrons. The Hall–Kier alpha value is -3.41. The van der Waals surface area contributed by atoms with E-state index in [4.69, 9.17) is 43.1 Å². The van der Waals surface area contributed by atoms with Gasteiger partial charge in [0.15, 0.2) is 0 Å². The fourth-order valence-electron chi connectivity index (χ4n) is 4.69. The largest absolute Gasteiger partial charge is 0.494 e. The fourth-order valence-corrected chi connectivity index (χ4v) is 6.18. The van der Waals surface area contributed by atoms with Crippen LogP contribution in [0.2, 0.25) is 5.02 Å². The first-order valence-corrected chi connectivity index (χ1v) is 15.5. The number of carboxylic acids is 1. The minimum atomic E-state index is -0.989. The SMILES string of the molecule is O=C(O)c1ccc(OCCCN2C(=O)/C(=C/c3cc(-c4cccc(Cl)c4)ccc3OCCN3CCOCC3)SC2=S)cc1. The molecule has 1 N–H and O–H groups in total. The maximum absolute atomic E-state index is 13.4. The first kappa shape index (κ1) is 31.0. The second-order valence-corrected chi connectivity index (χ2v) is 12.0. The van der Waals surface area contributed by atoms with Crippen LogP contribution in [0, 0.1) is 0 Å². The molecule has 2 aliphatic rings. The number of carboxylic acid groups (broad SMARTS) is 1. The Bertz CT molecular complexity index is 1510. The zero-order valence-electron chi connectivity index (χ0n) is 23.4. The molecule has 0 bridgehead atoms. The van der Waals surface area contributed by atoms with Crippen LogP contribution in [0.15, 0.2) is 71.6 Å². The van der Waals surface area contributed by atoms with E-state index >= 15 is 0 Å². The van der Waals surface area contributed by atoms with Crippen LogP contribution >= 0.6 is 35.6 Å². The second-order valence-electron chi connectivity index (χ2n) is 9.93. The van der Waals surface area contributed by atoms with Gasteiger partial charge in [-0.25, -0.2) is 4.79 Å². The van der Waals surface area contributed by atoms with Gasteiger partial charge >= 0.3 is 5.97 Å². The van der Waals surface area contributed by atoms with E-state index in [0.29, 0.717) is 51.9 Å². The van der Waals surface area contributed by atoms with Gasteiger partial charge in [0, 0.05) is 36.8 Å². The Kier molecular flexibility index (Phi) is 10.7. The highest BCUT2D eigenvalue weighted by atomic mass is 35.5.